The Kier molecular flexibility index (Phi) is 12.5. The maximum atomic E-state index is 12.4. The highest BCUT2D eigenvalue weighted by atomic mass is 16.4. The molecule has 0 aliphatic heterocycles. The van der Waals surface area contributed by atoms with Gasteiger partial charge in [-0.2, -0.15) is 0 Å². The second-order valence-corrected chi connectivity index (χ2v) is 8.98. The van der Waals surface area contributed by atoms with Crippen LogP contribution >= 0.6 is 0 Å². The van der Waals surface area contributed by atoms with Crippen molar-refractivity contribution in [3.05, 3.63) is 0 Å². The van der Waals surface area contributed by atoms with Crippen LogP contribution in [0.15, 0.2) is 0 Å². The lowest BCUT2D eigenvalue weighted by atomic mass is 9.58. The van der Waals surface area contributed by atoms with Gasteiger partial charge in [0.2, 0.25) is 0 Å². The topological polar surface area (TPSA) is 74.6 Å². The molecule has 0 heterocycles. The number of carboxylic acids is 2. The van der Waals surface area contributed by atoms with Crippen LogP contribution in [-0.2, 0) is 9.59 Å². The summed E-state index contributed by atoms with van der Waals surface area (Å²) in [6, 6.07) is 0. The Bertz CT molecular complexity index is 448. The van der Waals surface area contributed by atoms with Gasteiger partial charge in [0.05, 0.1) is 11.3 Å². The fourth-order valence-electron chi connectivity index (χ4n) is 5.23. The van der Waals surface area contributed by atoms with Crippen molar-refractivity contribution >= 4 is 11.9 Å². The van der Waals surface area contributed by atoms with Crippen molar-refractivity contribution in [3.63, 3.8) is 0 Å². The Labute approximate surface area is 172 Å². The van der Waals surface area contributed by atoms with Crippen molar-refractivity contribution in [3.8, 4) is 0 Å². The van der Waals surface area contributed by atoms with E-state index in [1.165, 1.54) is 44.9 Å². The second kappa shape index (κ2) is 14.0. The third-order valence-electron chi connectivity index (χ3n) is 6.92. The van der Waals surface area contributed by atoms with Crippen LogP contribution in [0.2, 0.25) is 0 Å². The molecule has 4 heteroatoms. The third-order valence-corrected chi connectivity index (χ3v) is 6.92. The monoisotopic (exact) mass is 396 g/mol. The zero-order valence-corrected chi connectivity index (χ0v) is 18.4. The summed E-state index contributed by atoms with van der Waals surface area (Å²) >= 11 is 0. The minimum absolute atomic E-state index is 0.210. The number of hydrogen-bond acceptors (Lipinski definition) is 2. The Hall–Kier alpha value is -1.06. The molecule has 1 rings (SSSR count). The zero-order valence-electron chi connectivity index (χ0n) is 18.4. The summed E-state index contributed by atoms with van der Waals surface area (Å²) in [6.45, 7) is 4.39. The Morgan fingerprint density at radius 3 is 1.89 bits per heavy atom. The summed E-state index contributed by atoms with van der Waals surface area (Å²) < 4.78 is 0. The number of aliphatic carboxylic acids is 2. The summed E-state index contributed by atoms with van der Waals surface area (Å²) in [5.74, 6) is -2.23. The number of carbonyl (C=O) groups is 2. The highest BCUT2D eigenvalue weighted by Gasteiger charge is 2.52. The first-order valence-corrected chi connectivity index (χ1v) is 12.0. The Balaban J connectivity index is 2.73. The van der Waals surface area contributed by atoms with E-state index < -0.39 is 23.3 Å². The summed E-state index contributed by atoms with van der Waals surface area (Å²) in [7, 11) is 0. The minimum atomic E-state index is -0.824. The molecular weight excluding hydrogens is 352 g/mol. The normalized spacial score (nSPS) is 24.9. The summed E-state index contributed by atoms with van der Waals surface area (Å²) in [5.41, 5.74) is -0.824. The van der Waals surface area contributed by atoms with E-state index >= 15 is 0 Å². The molecule has 3 atom stereocenters. The molecule has 0 bridgehead atoms. The number of rotatable bonds is 16. The predicted octanol–water partition coefficient (Wildman–Crippen LogP) is 7.06. The Morgan fingerprint density at radius 1 is 0.821 bits per heavy atom. The van der Waals surface area contributed by atoms with Gasteiger partial charge in [0, 0.05) is 0 Å². The van der Waals surface area contributed by atoms with E-state index in [0.717, 1.165) is 44.9 Å². The van der Waals surface area contributed by atoms with Crippen molar-refractivity contribution in [1.82, 2.24) is 0 Å². The molecular formula is C24H44O4. The zero-order chi connectivity index (χ0) is 20.8. The molecule has 0 saturated heterocycles. The lowest BCUT2D eigenvalue weighted by Crippen LogP contribution is -2.47. The van der Waals surface area contributed by atoms with Gasteiger partial charge in [-0.1, -0.05) is 97.3 Å². The van der Waals surface area contributed by atoms with Crippen LogP contribution in [-0.4, -0.2) is 22.2 Å². The van der Waals surface area contributed by atoms with E-state index in [2.05, 4.69) is 13.8 Å². The minimum Gasteiger partial charge on any atom is -0.481 e. The molecule has 28 heavy (non-hydrogen) atoms. The van der Waals surface area contributed by atoms with E-state index in [0.29, 0.717) is 19.3 Å². The molecule has 3 unspecified atom stereocenters. The van der Waals surface area contributed by atoms with Crippen molar-refractivity contribution in [1.29, 1.82) is 0 Å². The van der Waals surface area contributed by atoms with Crippen molar-refractivity contribution in [2.45, 2.75) is 123 Å². The van der Waals surface area contributed by atoms with Gasteiger partial charge in [-0.15, -0.1) is 0 Å². The van der Waals surface area contributed by atoms with Crippen LogP contribution in [0.1, 0.15) is 123 Å². The lowest BCUT2D eigenvalue weighted by molar-refractivity contribution is -0.164. The van der Waals surface area contributed by atoms with Gasteiger partial charge >= 0.3 is 11.9 Å². The molecule has 0 aromatic heterocycles. The highest BCUT2D eigenvalue weighted by molar-refractivity contribution is 5.78. The van der Waals surface area contributed by atoms with E-state index in [4.69, 9.17) is 0 Å². The van der Waals surface area contributed by atoms with E-state index in [-0.39, 0.29) is 5.92 Å². The first-order valence-electron chi connectivity index (χ1n) is 12.0. The average molecular weight is 397 g/mol. The molecule has 0 aromatic carbocycles. The van der Waals surface area contributed by atoms with Gasteiger partial charge in [0.1, 0.15) is 0 Å². The lowest BCUT2D eigenvalue weighted by Gasteiger charge is -2.44. The number of hydrogen-bond donors (Lipinski definition) is 2. The SMILES string of the molecule is CCCCCCCCC1C(C(=O)O)CCCC1(CCCCCCCC)C(=O)O. The van der Waals surface area contributed by atoms with Crippen LogP contribution in [0.5, 0.6) is 0 Å². The van der Waals surface area contributed by atoms with Gasteiger partial charge in [0.25, 0.3) is 0 Å². The van der Waals surface area contributed by atoms with Crippen LogP contribution in [0, 0.1) is 17.3 Å². The van der Waals surface area contributed by atoms with E-state index in [9.17, 15) is 19.8 Å². The standard InChI is InChI=1S/C24H44O4/c1-3-5-7-9-11-13-17-21-20(22(25)26)16-15-19-24(21,23(27)28)18-14-12-10-8-6-4-2/h20-21H,3-19H2,1-2H3,(H,25,26)(H,27,28). The number of unbranched alkanes of at least 4 members (excludes halogenated alkanes) is 10. The van der Waals surface area contributed by atoms with Gasteiger partial charge in [-0.3, -0.25) is 9.59 Å². The maximum absolute atomic E-state index is 12.4. The fourth-order valence-corrected chi connectivity index (χ4v) is 5.23. The highest BCUT2D eigenvalue weighted by Crippen LogP contribution is 2.50. The average Bonchev–Trinajstić information content (AvgIpc) is 2.67. The van der Waals surface area contributed by atoms with E-state index in [1.54, 1.807) is 0 Å². The smallest absolute Gasteiger partial charge is 0.309 e. The van der Waals surface area contributed by atoms with Gasteiger partial charge in [-0.05, 0) is 31.6 Å². The second-order valence-electron chi connectivity index (χ2n) is 8.98. The summed E-state index contributed by atoms with van der Waals surface area (Å²) in [5, 5.41) is 20.0. The largest absolute Gasteiger partial charge is 0.481 e. The molecule has 1 saturated carbocycles. The van der Waals surface area contributed by atoms with Crippen LogP contribution in [0.25, 0.3) is 0 Å². The summed E-state index contributed by atoms with van der Waals surface area (Å²) in [4.78, 5) is 24.3. The molecule has 4 nitrogen and oxygen atoms in total. The molecule has 164 valence electrons. The quantitative estimate of drug-likeness (QED) is 0.274. The van der Waals surface area contributed by atoms with Crippen LogP contribution in [0.3, 0.4) is 0 Å². The molecule has 0 aromatic rings. The van der Waals surface area contributed by atoms with Gasteiger partial charge in [0.15, 0.2) is 0 Å². The van der Waals surface area contributed by atoms with Crippen LogP contribution in [0.4, 0.5) is 0 Å². The first-order chi connectivity index (χ1) is 13.5. The molecule has 0 radical (unpaired) electrons. The van der Waals surface area contributed by atoms with Crippen LogP contribution < -0.4 is 0 Å². The predicted molar refractivity (Wildman–Crippen MR) is 115 cm³/mol. The third kappa shape index (κ3) is 7.75. The molecule has 0 amide bonds. The maximum Gasteiger partial charge on any atom is 0.309 e. The Morgan fingerprint density at radius 2 is 1.36 bits per heavy atom. The molecule has 0 spiro atoms. The fraction of sp³-hybridized carbons (Fsp3) is 0.917. The van der Waals surface area contributed by atoms with E-state index in [1.807, 2.05) is 0 Å². The summed E-state index contributed by atoms with van der Waals surface area (Å²) in [6.07, 6.45) is 17.2. The number of carboxylic acid groups (broad SMARTS) is 2. The van der Waals surface area contributed by atoms with Gasteiger partial charge in [-0.25, -0.2) is 0 Å². The molecule has 1 aliphatic carbocycles. The van der Waals surface area contributed by atoms with Gasteiger partial charge < -0.3 is 10.2 Å². The van der Waals surface area contributed by atoms with Crippen molar-refractivity contribution < 1.29 is 19.8 Å². The molecule has 1 fully saturated rings. The first kappa shape index (κ1) is 25.0. The molecule has 1 aliphatic rings. The molecule has 2 N–H and O–H groups in total. The van der Waals surface area contributed by atoms with Crippen molar-refractivity contribution in [2.75, 3.05) is 0 Å². The van der Waals surface area contributed by atoms with Crippen molar-refractivity contribution in [2.24, 2.45) is 17.3 Å².